The van der Waals surface area contributed by atoms with Gasteiger partial charge in [0, 0.05) is 37.2 Å². The van der Waals surface area contributed by atoms with Gasteiger partial charge in [-0.05, 0) is 44.0 Å². The molecular weight excluding hydrogens is 460 g/mol. The first kappa shape index (κ1) is 23.8. The second kappa shape index (κ2) is 10.5. The van der Waals surface area contributed by atoms with Crippen molar-refractivity contribution in [1.82, 2.24) is 19.8 Å². The first-order valence-electron chi connectivity index (χ1n) is 9.71. The highest BCUT2D eigenvalue weighted by Gasteiger charge is 2.29. The SMILES string of the molecule is CCCNC(=O)[C@@H](C)NC(=O)CN1CCN(S(=O)(=O)c2ccc(Br)c(C)c2)CC1. The number of amides is 2. The zero-order valence-corrected chi connectivity index (χ0v) is 19.5. The van der Waals surface area contributed by atoms with Crippen molar-refractivity contribution in [3.8, 4) is 0 Å². The molecule has 1 aliphatic rings. The van der Waals surface area contributed by atoms with Crippen molar-refractivity contribution in [2.45, 2.75) is 38.1 Å². The van der Waals surface area contributed by atoms with E-state index in [0.717, 1.165) is 16.5 Å². The van der Waals surface area contributed by atoms with Gasteiger partial charge in [0.05, 0.1) is 11.4 Å². The molecule has 1 aromatic rings. The third kappa shape index (κ3) is 6.50. The van der Waals surface area contributed by atoms with Gasteiger partial charge in [-0.2, -0.15) is 4.31 Å². The van der Waals surface area contributed by atoms with Crippen LogP contribution in [0.2, 0.25) is 0 Å². The maximum Gasteiger partial charge on any atom is 0.243 e. The standard InChI is InChI=1S/C19H29BrN4O4S/c1-4-7-21-19(26)15(3)22-18(25)13-23-8-10-24(11-9-23)29(27,28)16-5-6-17(20)14(2)12-16/h5-6,12,15H,4,7-11,13H2,1-3H3,(H,21,26)(H,22,25)/t15-/m1/s1. The van der Waals surface area contributed by atoms with Gasteiger partial charge in [0.15, 0.2) is 0 Å². The van der Waals surface area contributed by atoms with Gasteiger partial charge < -0.3 is 10.6 Å². The number of aryl methyl sites for hydroxylation is 1. The molecular formula is C19H29BrN4O4S. The number of benzene rings is 1. The Morgan fingerprint density at radius 2 is 1.86 bits per heavy atom. The second-order valence-electron chi connectivity index (χ2n) is 7.17. The summed E-state index contributed by atoms with van der Waals surface area (Å²) >= 11 is 3.38. The van der Waals surface area contributed by atoms with E-state index in [0.29, 0.717) is 32.7 Å². The molecule has 29 heavy (non-hydrogen) atoms. The normalized spacial score (nSPS) is 17.0. The molecule has 10 heteroatoms. The molecule has 0 radical (unpaired) electrons. The van der Waals surface area contributed by atoms with Crippen molar-refractivity contribution < 1.29 is 18.0 Å². The van der Waals surface area contributed by atoms with E-state index >= 15 is 0 Å². The number of hydrogen-bond acceptors (Lipinski definition) is 5. The molecule has 0 spiro atoms. The van der Waals surface area contributed by atoms with Crippen LogP contribution in [-0.4, -0.2) is 74.7 Å². The third-order valence-electron chi connectivity index (χ3n) is 4.79. The minimum Gasteiger partial charge on any atom is -0.354 e. The molecule has 2 N–H and O–H groups in total. The molecule has 1 heterocycles. The van der Waals surface area contributed by atoms with E-state index in [1.54, 1.807) is 25.1 Å². The topological polar surface area (TPSA) is 98.8 Å². The Morgan fingerprint density at radius 1 is 1.21 bits per heavy atom. The predicted octanol–water partition coefficient (Wildman–Crippen LogP) is 1.09. The van der Waals surface area contributed by atoms with Gasteiger partial charge >= 0.3 is 0 Å². The van der Waals surface area contributed by atoms with Crippen molar-refractivity contribution in [1.29, 1.82) is 0 Å². The summed E-state index contributed by atoms with van der Waals surface area (Å²) in [4.78, 5) is 26.2. The molecule has 1 aliphatic heterocycles. The fraction of sp³-hybridized carbons (Fsp3) is 0.579. The molecule has 162 valence electrons. The number of carbonyl (C=O) groups is 2. The summed E-state index contributed by atoms with van der Waals surface area (Å²) in [5.41, 5.74) is 0.860. The number of nitrogens with zero attached hydrogens (tertiary/aromatic N) is 2. The largest absolute Gasteiger partial charge is 0.354 e. The fourth-order valence-corrected chi connectivity index (χ4v) is 4.77. The van der Waals surface area contributed by atoms with Crippen LogP contribution in [0.1, 0.15) is 25.8 Å². The molecule has 0 saturated carbocycles. The fourth-order valence-electron chi connectivity index (χ4n) is 3.01. The highest BCUT2D eigenvalue weighted by molar-refractivity contribution is 9.10. The summed E-state index contributed by atoms with van der Waals surface area (Å²) in [5, 5.41) is 5.43. The molecule has 2 amide bonds. The molecule has 2 rings (SSSR count). The Kier molecular flexibility index (Phi) is 8.62. The molecule has 0 unspecified atom stereocenters. The van der Waals surface area contributed by atoms with Gasteiger partial charge in [0.1, 0.15) is 6.04 Å². The van der Waals surface area contributed by atoms with E-state index < -0.39 is 16.1 Å². The molecule has 1 aromatic carbocycles. The Balaban J connectivity index is 1.86. The summed E-state index contributed by atoms with van der Waals surface area (Å²) in [6.07, 6.45) is 0.833. The monoisotopic (exact) mass is 488 g/mol. The van der Waals surface area contributed by atoms with Crippen molar-refractivity contribution in [3.05, 3.63) is 28.2 Å². The first-order valence-corrected chi connectivity index (χ1v) is 11.9. The number of halogens is 1. The number of hydrogen-bond donors (Lipinski definition) is 2. The quantitative estimate of drug-likeness (QED) is 0.570. The van der Waals surface area contributed by atoms with Crippen LogP contribution in [0, 0.1) is 6.92 Å². The zero-order valence-electron chi connectivity index (χ0n) is 17.1. The van der Waals surface area contributed by atoms with E-state index in [4.69, 9.17) is 0 Å². The highest BCUT2D eigenvalue weighted by Crippen LogP contribution is 2.23. The lowest BCUT2D eigenvalue weighted by atomic mass is 10.2. The molecule has 0 aliphatic carbocycles. The number of rotatable bonds is 8. The van der Waals surface area contributed by atoms with E-state index in [9.17, 15) is 18.0 Å². The van der Waals surface area contributed by atoms with Gasteiger partial charge in [-0.25, -0.2) is 8.42 Å². The van der Waals surface area contributed by atoms with Crippen LogP contribution < -0.4 is 10.6 Å². The van der Waals surface area contributed by atoms with Gasteiger partial charge in [-0.3, -0.25) is 14.5 Å². The van der Waals surface area contributed by atoms with E-state index in [2.05, 4.69) is 26.6 Å². The van der Waals surface area contributed by atoms with Crippen LogP contribution in [0.5, 0.6) is 0 Å². The smallest absolute Gasteiger partial charge is 0.243 e. The minimum atomic E-state index is -3.56. The lowest BCUT2D eigenvalue weighted by Gasteiger charge is -2.33. The summed E-state index contributed by atoms with van der Waals surface area (Å²) in [6, 6.07) is 4.39. The van der Waals surface area contributed by atoms with Crippen LogP contribution >= 0.6 is 15.9 Å². The van der Waals surface area contributed by atoms with Gasteiger partial charge in [0.2, 0.25) is 21.8 Å². The molecule has 8 nitrogen and oxygen atoms in total. The molecule has 1 atom stereocenters. The van der Waals surface area contributed by atoms with Crippen molar-refractivity contribution in [3.63, 3.8) is 0 Å². The van der Waals surface area contributed by atoms with E-state index in [1.807, 2.05) is 18.7 Å². The van der Waals surface area contributed by atoms with Gasteiger partial charge in [-0.15, -0.1) is 0 Å². The molecule has 0 aromatic heterocycles. The first-order chi connectivity index (χ1) is 13.6. The summed E-state index contributed by atoms with van der Waals surface area (Å²) < 4.78 is 28.0. The molecule has 1 saturated heterocycles. The van der Waals surface area contributed by atoms with Crippen LogP contribution in [0.15, 0.2) is 27.6 Å². The maximum absolute atomic E-state index is 12.9. The van der Waals surface area contributed by atoms with Crippen molar-refractivity contribution in [2.75, 3.05) is 39.3 Å². The van der Waals surface area contributed by atoms with Crippen LogP contribution in [0.4, 0.5) is 0 Å². The predicted molar refractivity (Wildman–Crippen MR) is 115 cm³/mol. The average Bonchev–Trinajstić information content (AvgIpc) is 2.68. The summed E-state index contributed by atoms with van der Waals surface area (Å²) in [6.45, 7) is 7.72. The van der Waals surface area contributed by atoms with Crippen LogP contribution in [-0.2, 0) is 19.6 Å². The Morgan fingerprint density at radius 3 is 2.45 bits per heavy atom. The number of carbonyl (C=O) groups excluding carboxylic acids is 2. The van der Waals surface area contributed by atoms with Gasteiger partial charge in [0.25, 0.3) is 0 Å². The molecule has 0 bridgehead atoms. The Hall–Kier alpha value is -1.49. The van der Waals surface area contributed by atoms with E-state index in [-0.39, 0.29) is 23.3 Å². The average molecular weight is 489 g/mol. The summed E-state index contributed by atoms with van der Waals surface area (Å²) in [7, 11) is -3.56. The Bertz CT molecular complexity index is 839. The number of piperazine rings is 1. The lowest BCUT2D eigenvalue weighted by Crippen LogP contribution is -2.53. The third-order valence-corrected chi connectivity index (χ3v) is 7.57. The zero-order chi connectivity index (χ0) is 21.6. The minimum absolute atomic E-state index is 0.136. The Labute approximate surface area is 181 Å². The number of nitrogens with one attached hydrogen (secondary N) is 2. The molecule has 1 fully saturated rings. The lowest BCUT2D eigenvalue weighted by molar-refractivity contribution is -0.129. The van der Waals surface area contributed by atoms with Crippen molar-refractivity contribution in [2.24, 2.45) is 0 Å². The van der Waals surface area contributed by atoms with E-state index in [1.165, 1.54) is 4.31 Å². The second-order valence-corrected chi connectivity index (χ2v) is 9.96. The van der Waals surface area contributed by atoms with Gasteiger partial charge in [-0.1, -0.05) is 22.9 Å². The van der Waals surface area contributed by atoms with Crippen molar-refractivity contribution >= 4 is 37.8 Å². The maximum atomic E-state index is 12.9. The summed E-state index contributed by atoms with van der Waals surface area (Å²) in [5.74, 6) is -0.454. The van der Waals surface area contributed by atoms with Crippen LogP contribution in [0.3, 0.4) is 0 Å². The van der Waals surface area contributed by atoms with Crippen LogP contribution in [0.25, 0.3) is 0 Å². The number of sulfonamides is 1. The highest BCUT2D eigenvalue weighted by atomic mass is 79.9.